The van der Waals surface area contributed by atoms with Crippen molar-refractivity contribution in [3.8, 4) is 12.3 Å². The number of nitrogens with one attached hydrogen (secondary N) is 1. The van der Waals surface area contributed by atoms with Gasteiger partial charge in [-0.2, -0.15) is 0 Å². The molecule has 118 valence electrons. The first-order valence-corrected chi connectivity index (χ1v) is 8.36. The zero-order chi connectivity index (χ0) is 16.2. The summed E-state index contributed by atoms with van der Waals surface area (Å²) >= 11 is 6.55. The first-order chi connectivity index (χ1) is 11.2. The summed E-state index contributed by atoms with van der Waals surface area (Å²) in [5, 5.41) is 4.22. The Morgan fingerprint density at radius 3 is 2.74 bits per heavy atom. The van der Waals surface area contributed by atoms with Gasteiger partial charge in [0.05, 0.1) is 6.04 Å². The van der Waals surface area contributed by atoms with Crippen molar-refractivity contribution in [2.45, 2.75) is 19.0 Å². The molecule has 2 aromatic carbocycles. The highest BCUT2D eigenvalue weighted by Crippen LogP contribution is 2.35. The molecule has 1 fully saturated rings. The lowest BCUT2D eigenvalue weighted by Gasteiger charge is -2.40. The quantitative estimate of drug-likeness (QED) is 0.866. The third-order valence-corrected chi connectivity index (χ3v) is 4.80. The van der Waals surface area contributed by atoms with E-state index in [1.807, 2.05) is 18.2 Å². The molecule has 0 saturated carbocycles. The normalized spacial score (nSPS) is 20.0. The van der Waals surface area contributed by atoms with Crippen molar-refractivity contribution >= 4 is 11.6 Å². The topological polar surface area (TPSA) is 15.3 Å². The maximum absolute atomic E-state index is 6.55. The van der Waals surface area contributed by atoms with Crippen LogP contribution in [0.2, 0.25) is 5.02 Å². The maximum atomic E-state index is 6.55. The number of nitrogens with zero attached hydrogens (tertiary/aromatic N) is 1. The molecule has 2 aromatic rings. The Labute approximate surface area is 143 Å². The van der Waals surface area contributed by atoms with Crippen molar-refractivity contribution in [3.05, 3.63) is 70.2 Å². The second kappa shape index (κ2) is 7.19. The molecule has 1 heterocycles. The van der Waals surface area contributed by atoms with Crippen molar-refractivity contribution < 1.29 is 0 Å². The molecule has 1 aliphatic heterocycles. The van der Waals surface area contributed by atoms with E-state index in [9.17, 15) is 0 Å². The average Bonchev–Trinajstić information content (AvgIpc) is 2.59. The molecule has 0 amide bonds. The first kappa shape index (κ1) is 16.1. The van der Waals surface area contributed by atoms with Crippen LogP contribution in [0.15, 0.2) is 48.5 Å². The SMILES string of the molecule is C#Cc1ccc(Cl)c(C(c2ccccc2)N2CCNCC2C)c1. The van der Waals surface area contributed by atoms with Crippen LogP contribution in [0.3, 0.4) is 0 Å². The van der Waals surface area contributed by atoms with Crippen LogP contribution in [0.25, 0.3) is 0 Å². The van der Waals surface area contributed by atoms with Gasteiger partial charge in [-0.05, 0) is 36.2 Å². The number of hydrogen-bond donors (Lipinski definition) is 1. The molecule has 2 unspecified atom stereocenters. The van der Waals surface area contributed by atoms with Crippen LogP contribution in [0.5, 0.6) is 0 Å². The van der Waals surface area contributed by atoms with Gasteiger partial charge in [0.25, 0.3) is 0 Å². The van der Waals surface area contributed by atoms with E-state index in [1.54, 1.807) is 0 Å². The summed E-state index contributed by atoms with van der Waals surface area (Å²) in [7, 11) is 0. The van der Waals surface area contributed by atoms with Crippen molar-refractivity contribution in [2.24, 2.45) is 0 Å². The Kier molecular flexibility index (Phi) is 5.03. The van der Waals surface area contributed by atoms with Crippen molar-refractivity contribution in [2.75, 3.05) is 19.6 Å². The van der Waals surface area contributed by atoms with E-state index in [1.165, 1.54) is 5.56 Å². The number of hydrogen-bond acceptors (Lipinski definition) is 2. The van der Waals surface area contributed by atoms with Crippen molar-refractivity contribution in [3.63, 3.8) is 0 Å². The molecule has 2 atom stereocenters. The van der Waals surface area contributed by atoms with E-state index in [0.717, 1.165) is 35.8 Å². The third-order valence-electron chi connectivity index (χ3n) is 4.46. The Hall–Kier alpha value is -1.79. The van der Waals surface area contributed by atoms with E-state index >= 15 is 0 Å². The zero-order valence-corrected chi connectivity index (χ0v) is 14.1. The van der Waals surface area contributed by atoms with Crippen molar-refractivity contribution in [1.29, 1.82) is 0 Å². The standard InChI is InChI=1S/C20H21ClN2/c1-3-16-9-10-19(21)18(13-16)20(17-7-5-4-6-8-17)23-12-11-22-14-15(23)2/h1,4-10,13,15,20,22H,11-12,14H2,2H3. The monoisotopic (exact) mass is 324 g/mol. The fourth-order valence-electron chi connectivity index (χ4n) is 3.27. The van der Waals surface area contributed by atoms with Crippen LogP contribution in [0.4, 0.5) is 0 Å². The molecule has 0 spiro atoms. The molecule has 2 nitrogen and oxygen atoms in total. The van der Waals surface area contributed by atoms with E-state index in [0.29, 0.717) is 6.04 Å². The Bertz CT molecular complexity index is 705. The number of terminal acetylenes is 1. The van der Waals surface area contributed by atoms with Gasteiger partial charge in [0.2, 0.25) is 0 Å². The van der Waals surface area contributed by atoms with E-state index in [4.69, 9.17) is 18.0 Å². The predicted octanol–water partition coefficient (Wildman–Crippen LogP) is 3.70. The molecule has 3 heteroatoms. The van der Waals surface area contributed by atoms with Gasteiger partial charge in [-0.15, -0.1) is 6.42 Å². The molecule has 23 heavy (non-hydrogen) atoms. The molecular formula is C20H21ClN2. The van der Waals surface area contributed by atoms with E-state index in [-0.39, 0.29) is 6.04 Å². The van der Waals surface area contributed by atoms with Crippen LogP contribution in [0, 0.1) is 12.3 Å². The van der Waals surface area contributed by atoms with Crippen LogP contribution in [-0.2, 0) is 0 Å². The summed E-state index contributed by atoms with van der Waals surface area (Å²) < 4.78 is 0. The number of piperazine rings is 1. The molecule has 3 rings (SSSR count). The first-order valence-electron chi connectivity index (χ1n) is 7.98. The second-order valence-electron chi connectivity index (χ2n) is 5.98. The fraction of sp³-hybridized carbons (Fsp3) is 0.300. The smallest absolute Gasteiger partial charge is 0.0620 e. The summed E-state index contributed by atoms with van der Waals surface area (Å²) in [4.78, 5) is 2.51. The summed E-state index contributed by atoms with van der Waals surface area (Å²) in [6.45, 7) is 5.20. The molecule has 0 radical (unpaired) electrons. The fourth-order valence-corrected chi connectivity index (χ4v) is 3.49. The minimum absolute atomic E-state index is 0.120. The van der Waals surface area contributed by atoms with Crippen LogP contribution >= 0.6 is 11.6 Å². The van der Waals surface area contributed by atoms with Crippen LogP contribution in [-0.4, -0.2) is 30.6 Å². The molecule has 1 saturated heterocycles. The van der Waals surface area contributed by atoms with Gasteiger partial charge < -0.3 is 5.32 Å². The number of halogens is 1. The van der Waals surface area contributed by atoms with Gasteiger partial charge in [0.15, 0.2) is 0 Å². The molecule has 1 N–H and O–H groups in total. The maximum Gasteiger partial charge on any atom is 0.0620 e. The minimum atomic E-state index is 0.120. The van der Waals surface area contributed by atoms with Gasteiger partial charge in [-0.1, -0.05) is 47.9 Å². The lowest BCUT2D eigenvalue weighted by Crippen LogP contribution is -2.51. The van der Waals surface area contributed by atoms with E-state index in [2.05, 4.69) is 53.4 Å². The van der Waals surface area contributed by atoms with Gasteiger partial charge in [-0.3, -0.25) is 4.90 Å². The summed E-state index contributed by atoms with van der Waals surface area (Å²) in [6.07, 6.45) is 5.60. The van der Waals surface area contributed by atoms with E-state index < -0.39 is 0 Å². The summed E-state index contributed by atoms with van der Waals surface area (Å²) in [5.74, 6) is 2.73. The van der Waals surface area contributed by atoms with Crippen LogP contribution in [0.1, 0.15) is 29.7 Å². The molecular weight excluding hydrogens is 304 g/mol. The van der Waals surface area contributed by atoms with Gasteiger partial charge in [-0.25, -0.2) is 0 Å². The van der Waals surface area contributed by atoms with Gasteiger partial charge in [0.1, 0.15) is 0 Å². The molecule has 0 aromatic heterocycles. The molecule has 0 bridgehead atoms. The average molecular weight is 325 g/mol. The largest absolute Gasteiger partial charge is 0.314 e. The summed E-state index contributed by atoms with van der Waals surface area (Å²) in [6, 6.07) is 16.9. The minimum Gasteiger partial charge on any atom is -0.314 e. The molecule has 0 aliphatic carbocycles. The molecule has 1 aliphatic rings. The number of benzene rings is 2. The number of rotatable bonds is 3. The third kappa shape index (κ3) is 3.43. The van der Waals surface area contributed by atoms with Crippen molar-refractivity contribution in [1.82, 2.24) is 10.2 Å². The predicted molar refractivity (Wildman–Crippen MR) is 96.7 cm³/mol. The lowest BCUT2D eigenvalue weighted by atomic mass is 9.93. The van der Waals surface area contributed by atoms with Crippen LogP contribution < -0.4 is 5.32 Å². The van der Waals surface area contributed by atoms with Gasteiger partial charge in [0, 0.05) is 36.3 Å². The highest BCUT2D eigenvalue weighted by atomic mass is 35.5. The highest BCUT2D eigenvalue weighted by Gasteiger charge is 2.29. The lowest BCUT2D eigenvalue weighted by molar-refractivity contribution is 0.137. The Morgan fingerprint density at radius 2 is 2.04 bits per heavy atom. The highest BCUT2D eigenvalue weighted by molar-refractivity contribution is 6.31. The summed E-state index contributed by atoms with van der Waals surface area (Å²) in [5.41, 5.74) is 3.20. The Morgan fingerprint density at radius 1 is 1.26 bits per heavy atom. The second-order valence-corrected chi connectivity index (χ2v) is 6.39. The van der Waals surface area contributed by atoms with Gasteiger partial charge >= 0.3 is 0 Å². The Balaban J connectivity index is 2.10. The zero-order valence-electron chi connectivity index (χ0n) is 13.3.